The van der Waals surface area contributed by atoms with Crippen molar-refractivity contribution in [3.05, 3.63) is 12.2 Å². The molecule has 1 aliphatic carbocycles. The molecule has 2 nitrogen and oxygen atoms in total. The van der Waals surface area contributed by atoms with Crippen LogP contribution < -0.4 is 0 Å². The first kappa shape index (κ1) is 6.20. The Hall–Kier alpha value is -0.920. The Morgan fingerprint density at radius 1 is 1.78 bits per heavy atom. The van der Waals surface area contributed by atoms with Gasteiger partial charge < -0.3 is 0 Å². The summed E-state index contributed by atoms with van der Waals surface area (Å²) < 4.78 is 0. The number of carbonyl (C=O) groups excluding carboxylic acids is 2. The third kappa shape index (κ3) is 1.07. The lowest BCUT2D eigenvalue weighted by atomic mass is 10.0. The van der Waals surface area contributed by atoms with E-state index in [2.05, 4.69) is 0 Å². The van der Waals surface area contributed by atoms with Crippen LogP contribution in [0.3, 0.4) is 0 Å². The summed E-state index contributed by atoms with van der Waals surface area (Å²) >= 11 is 0. The summed E-state index contributed by atoms with van der Waals surface area (Å²) in [6.45, 7) is 1.45. The van der Waals surface area contributed by atoms with Gasteiger partial charge in [-0.15, -0.1) is 0 Å². The van der Waals surface area contributed by atoms with Crippen molar-refractivity contribution in [1.82, 2.24) is 0 Å². The molecule has 0 aliphatic heterocycles. The largest absolute Gasteiger partial charge is 0.299 e. The Morgan fingerprint density at radius 2 is 2.44 bits per heavy atom. The molecule has 0 amide bonds. The van der Waals surface area contributed by atoms with Gasteiger partial charge in [0, 0.05) is 0 Å². The van der Waals surface area contributed by atoms with E-state index in [1.807, 2.05) is 0 Å². The zero-order valence-corrected chi connectivity index (χ0v) is 5.26. The van der Waals surface area contributed by atoms with Gasteiger partial charge in [-0.05, 0) is 19.4 Å². The zero-order chi connectivity index (χ0) is 6.85. The second-order valence-corrected chi connectivity index (χ2v) is 2.20. The fourth-order valence-electron chi connectivity index (χ4n) is 0.919. The van der Waals surface area contributed by atoms with Gasteiger partial charge in [-0.25, -0.2) is 0 Å². The number of hydrogen-bond donors (Lipinski definition) is 0. The van der Waals surface area contributed by atoms with Crippen molar-refractivity contribution in [2.75, 3.05) is 0 Å². The first-order valence-electron chi connectivity index (χ1n) is 2.92. The molecule has 0 bridgehead atoms. The van der Waals surface area contributed by atoms with Crippen molar-refractivity contribution in [2.45, 2.75) is 13.3 Å². The molecule has 0 spiro atoms. The van der Waals surface area contributed by atoms with Crippen LogP contribution in [-0.4, -0.2) is 11.6 Å². The molecule has 1 aliphatic rings. The molecule has 1 unspecified atom stereocenters. The van der Waals surface area contributed by atoms with Crippen LogP contribution in [0, 0.1) is 5.92 Å². The number of allylic oxidation sites excluding steroid dienone is 2. The number of Topliss-reactive ketones (excluding diaryl/α,β-unsaturated/α-hetero) is 1. The van der Waals surface area contributed by atoms with Gasteiger partial charge in [-0.2, -0.15) is 0 Å². The lowest BCUT2D eigenvalue weighted by Crippen LogP contribution is -2.15. The Labute approximate surface area is 53.6 Å². The summed E-state index contributed by atoms with van der Waals surface area (Å²) in [4.78, 5) is 21.3. The molecule has 9 heavy (non-hydrogen) atoms. The quantitative estimate of drug-likeness (QED) is 0.483. The van der Waals surface area contributed by atoms with Crippen LogP contribution in [0.4, 0.5) is 0 Å². The molecule has 0 heterocycles. The van der Waals surface area contributed by atoms with Gasteiger partial charge in [0.15, 0.2) is 5.78 Å². The summed E-state index contributed by atoms with van der Waals surface area (Å²) in [7, 11) is 0. The van der Waals surface area contributed by atoms with E-state index in [4.69, 9.17) is 0 Å². The average Bonchev–Trinajstić information content (AvgIpc) is 2.13. The third-order valence-corrected chi connectivity index (χ3v) is 1.49. The van der Waals surface area contributed by atoms with E-state index in [1.165, 1.54) is 13.0 Å². The summed E-state index contributed by atoms with van der Waals surface area (Å²) in [6.07, 6.45) is 3.83. The van der Waals surface area contributed by atoms with Crippen molar-refractivity contribution in [1.29, 1.82) is 0 Å². The fourth-order valence-corrected chi connectivity index (χ4v) is 0.919. The Morgan fingerprint density at radius 3 is 2.67 bits per heavy atom. The standard InChI is InChI=1S/C7H8O2/c1-5(8)6-3-2-4-7(6)9/h2,4,6H,3H2,1H3. The van der Waals surface area contributed by atoms with Gasteiger partial charge in [0.1, 0.15) is 5.78 Å². The fraction of sp³-hybridized carbons (Fsp3) is 0.429. The van der Waals surface area contributed by atoms with E-state index < -0.39 is 0 Å². The maximum atomic E-state index is 10.7. The van der Waals surface area contributed by atoms with Crippen molar-refractivity contribution < 1.29 is 9.59 Å². The summed E-state index contributed by atoms with van der Waals surface area (Å²) in [5, 5.41) is 0. The van der Waals surface area contributed by atoms with Crippen molar-refractivity contribution in [2.24, 2.45) is 5.92 Å². The van der Waals surface area contributed by atoms with Crippen molar-refractivity contribution in [3.8, 4) is 0 Å². The molecule has 0 fully saturated rings. The highest BCUT2D eigenvalue weighted by atomic mass is 16.1. The topological polar surface area (TPSA) is 34.1 Å². The highest BCUT2D eigenvalue weighted by Crippen LogP contribution is 2.14. The van der Waals surface area contributed by atoms with E-state index >= 15 is 0 Å². The van der Waals surface area contributed by atoms with Gasteiger partial charge in [0.05, 0.1) is 5.92 Å². The maximum Gasteiger partial charge on any atom is 0.166 e. The SMILES string of the molecule is CC(=O)C1CC=CC1=O. The minimum atomic E-state index is -0.356. The predicted octanol–water partition coefficient (Wildman–Crippen LogP) is 0.721. The Balaban J connectivity index is 2.66. The van der Waals surface area contributed by atoms with Gasteiger partial charge in [0.2, 0.25) is 0 Å². The first-order valence-corrected chi connectivity index (χ1v) is 2.92. The van der Waals surface area contributed by atoms with Crippen LogP contribution in [0.25, 0.3) is 0 Å². The van der Waals surface area contributed by atoms with Crippen LogP contribution in [0.2, 0.25) is 0 Å². The van der Waals surface area contributed by atoms with E-state index in [9.17, 15) is 9.59 Å². The molecule has 1 atom stereocenters. The Kier molecular flexibility index (Phi) is 1.47. The van der Waals surface area contributed by atoms with E-state index in [1.54, 1.807) is 6.08 Å². The average molecular weight is 124 g/mol. The summed E-state index contributed by atoms with van der Waals surface area (Å²) in [5.41, 5.74) is 0. The lowest BCUT2D eigenvalue weighted by Gasteiger charge is -1.98. The van der Waals surface area contributed by atoms with Gasteiger partial charge in [-0.3, -0.25) is 9.59 Å². The molecule has 0 saturated heterocycles. The first-order chi connectivity index (χ1) is 4.22. The summed E-state index contributed by atoms with van der Waals surface area (Å²) in [5.74, 6) is -0.419. The number of carbonyl (C=O) groups is 2. The number of rotatable bonds is 1. The predicted molar refractivity (Wildman–Crippen MR) is 32.9 cm³/mol. The molecule has 0 aromatic carbocycles. The van der Waals surface area contributed by atoms with Crippen LogP contribution in [-0.2, 0) is 9.59 Å². The smallest absolute Gasteiger partial charge is 0.166 e. The van der Waals surface area contributed by atoms with Gasteiger partial charge in [-0.1, -0.05) is 6.08 Å². The second-order valence-electron chi connectivity index (χ2n) is 2.20. The van der Waals surface area contributed by atoms with E-state index in [0.717, 1.165) is 0 Å². The van der Waals surface area contributed by atoms with Crippen molar-refractivity contribution in [3.63, 3.8) is 0 Å². The minimum absolute atomic E-state index is 0.0231. The minimum Gasteiger partial charge on any atom is -0.299 e. The van der Waals surface area contributed by atoms with E-state index in [-0.39, 0.29) is 17.5 Å². The second kappa shape index (κ2) is 2.13. The zero-order valence-electron chi connectivity index (χ0n) is 5.26. The highest BCUT2D eigenvalue weighted by Gasteiger charge is 2.23. The summed E-state index contributed by atoms with van der Waals surface area (Å²) in [6, 6.07) is 0. The van der Waals surface area contributed by atoms with Gasteiger partial charge in [0.25, 0.3) is 0 Å². The molecule has 0 saturated carbocycles. The molecular formula is C7H8O2. The lowest BCUT2D eigenvalue weighted by molar-refractivity contribution is -0.128. The number of hydrogen-bond acceptors (Lipinski definition) is 2. The molecule has 0 N–H and O–H groups in total. The Bertz CT molecular complexity index is 179. The monoisotopic (exact) mass is 124 g/mol. The third-order valence-electron chi connectivity index (χ3n) is 1.49. The normalized spacial score (nSPS) is 25.0. The molecule has 0 aromatic rings. The van der Waals surface area contributed by atoms with Gasteiger partial charge >= 0.3 is 0 Å². The highest BCUT2D eigenvalue weighted by molar-refractivity contribution is 6.08. The van der Waals surface area contributed by atoms with Crippen LogP contribution in [0.15, 0.2) is 12.2 Å². The van der Waals surface area contributed by atoms with Crippen LogP contribution in [0.5, 0.6) is 0 Å². The maximum absolute atomic E-state index is 10.7. The van der Waals surface area contributed by atoms with Crippen LogP contribution >= 0.6 is 0 Å². The van der Waals surface area contributed by atoms with Crippen molar-refractivity contribution >= 4 is 11.6 Å². The molecule has 48 valence electrons. The molecule has 0 aromatic heterocycles. The molecule has 2 heteroatoms. The number of ketones is 2. The molecule has 0 radical (unpaired) electrons. The molecular weight excluding hydrogens is 116 g/mol. The molecule has 1 rings (SSSR count). The van der Waals surface area contributed by atoms with Crippen LogP contribution in [0.1, 0.15) is 13.3 Å². The van der Waals surface area contributed by atoms with E-state index in [0.29, 0.717) is 6.42 Å².